The van der Waals surface area contributed by atoms with Gasteiger partial charge in [-0.3, -0.25) is 9.59 Å². The number of carbonyl (C=O) groups is 2. The van der Waals surface area contributed by atoms with Gasteiger partial charge in [0.05, 0.1) is 11.4 Å². The summed E-state index contributed by atoms with van der Waals surface area (Å²) in [7, 11) is 0. The van der Waals surface area contributed by atoms with E-state index in [4.69, 9.17) is 0 Å². The number of likely N-dealkylation sites (tertiary alicyclic amines) is 1. The van der Waals surface area contributed by atoms with Gasteiger partial charge in [0.15, 0.2) is 0 Å². The van der Waals surface area contributed by atoms with Crippen molar-refractivity contribution in [3.63, 3.8) is 0 Å². The van der Waals surface area contributed by atoms with Crippen LogP contribution in [0.15, 0.2) is 29.2 Å². The molecule has 134 valence electrons. The van der Waals surface area contributed by atoms with Crippen LogP contribution in [-0.4, -0.2) is 42.1 Å². The maximum Gasteiger partial charge on any atom is 0.237 e. The van der Waals surface area contributed by atoms with Gasteiger partial charge in [0.25, 0.3) is 0 Å². The van der Waals surface area contributed by atoms with E-state index in [1.165, 1.54) is 32.1 Å². The molecule has 0 bridgehead atoms. The standard InChI is InChI=1S/C20H26N2O2S/c23-19(21-11-9-15-5-1-2-6-16(15)13-21)10-12-22-17-7-3-4-8-18(17)25-14-20(22)24/h3-4,7-8,15-16H,1-2,5-6,9-14H2/t15-,16-/m1/s1. The van der Waals surface area contributed by atoms with Gasteiger partial charge in [0, 0.05) is 31.0 Å². The number of nitrogens with zero attached hydrogens (tertiary/aromatic N) is 2. The number of para-hydroxylation sites is 1. The first-order chi connectivity index (χ1) is 12.2. The summed E-state index contributed by atoms with van der Waals surface area (Å²) in [4.78, 5) is 30.0. The Morgan fingerprint density at radius 1 is 1.12 bits per heavy atom. The third-order valence-electron chi connectivity index (χ3n) is 6.00. The molecule has 4 nitrogen and oxygen atoms in total. The van der Waals surface area contributed by atoms with Crippen LogP contribution < -0.4 is 4.90 Å². The van der Waals surface area contributed by atoms with Crippen LogP contribution in [0.25, 0.3) is 0 Å². The first-order valence-corrected chi connectivity index (χ1v) is 10.5. The molecule has 3 aliphatic rings. The van der Waals surface area contributed by atoms with Crippen LogP contribution in [0.2, 0.25) is 0 Å². The van der Waals surface area contributed by atoms with E-state index in [2.05, 4.69) is 11.0 Å². The molecule has 0 aromatic heterocycles. The monoisotopic (exact) mass is 358 g/mol. The molecule has 5 heteroatoms. The summed E-state index contributed by atoms with van der Waals surface area (Å²) in [6.45, 7) is 2.34. The van der Waals surface area contributed by atoms with E-state index < -0.39 is 0 Å². The number of carbonyl (C=O) groups excluding carboxylic acids is 2. The molecule has 0 radical (unpaired) electrons. The molecule has 1 saturated carbocycles. The van der Waals surface area contributed by atoms with Gasteiger partial charge in [0.2, 0.25) is 11.8 Å². The zero-order valence-electron chi connectivity index (χ0n) is 14.7. The highest BCUT2D eigenvalue weighted by molar-refractivity contribution is 8.00. The largest absolute Gasteiger partial charge is 0.342 e. The van der Waals surface area contributed by atoms with Crippen LogP contribution in [0, 0.1) is 11.8 Å². The maximum atomic E-state index is 12.7. The van der Waals surface area contributed by atoms with E-state index in [0.29, 0.717) is 24.6 Å². The molecule has 25 heavy (non-hydrogen) atoms. The molecule has 2 heterocycles. The van der Waals surface area contributed by atoms with E-state index in [1.54, 1.807) is 16.7 Å². The maximum absolute atomic E-state index is 12.7. The molecule has 1 aromatic carbocycles. The number of anilines is 1. The van der Waals surface area contributed by atoms with E-state index in [1.807, 2.05) is 18.2 Å². The van der Waals surface area contributed by atoms with Crippen molar-refractivity contribution < 1.29 is 9.59 Å². The van der Waals surface area contributed by atoms with Gasteiger partial charge in [0.1, 0.15) is 0 Å². The fourth-order valence-electron chi connectivity index (χ4n) is 4.59. The molecule has 0 spiro atoms. The Morgan fingerprint density at radius 2 is 1.92 bits per heavy atom. The second kappa shape index (κ2) is 7.40. The second-order valence-electron chi connectivity index (χ2n) is 7.48. The van der Waals surface area contributed by atoms with Crippen LogP contribution in [0.3, 0.4) is 0 Å². The van der Waals surface area contributed by atoms with E-state index >= 15 is 0 Å². The van der Waals surface area contributed by atoms with Crippen molar-refractivity contribution in [2.75, 3.05) is 30.3 Å². The number of benzene rings is 1. The van der Waals surface area contributed by atoms with Crippen molar-refractivity contribution in [1.29, 1.82) is 0 Å². The third kappa shape index (κ3) is 3.57. The highest BCUT2D eigenvalue weighted by Crippen LogP contribution is 2.37. The number of hydrogen-bond donors (Lipinski definition) is 0. The summed E-state index contributed by atoms with van der Waals surface area (Å²) in [6, 6.07) is 7.99. The summed E-state index contributed by atoms with van der Waals surface area (Å²) in [5.41, 5.74) is 0.961. The van der Waals surface area contributed by atoms with Gasteiger partial charge in [-0.05, 0) is 36.8 Å². The Kier molecular flexibility index (Phi) is 5.02. The van der Waals surface area contributed by atoms with E-state index in [9.17, 15) is 9.59 Å². The number of hydrogen-bond acceptors (Lipinski definition) is 3. The number of amides is 2. The zero-order chi connectivity index (χ0) is 17.2. The smallest absolute Gasteiger partial charge is 0.237 e. The molecule has 4 rings (SSSR count). The summed E-state index contributed by atoms with van der Waals surface area (Å²) >= 11 is 1.59. The first kappa shape index (κ1) is 17.0. The Hall–Kier alpha value is -1.49. The van der Waals surface area contributed by atoms with Crippen molar-refractivity contribution in [2.45, 2.75) is 43.4 Å². The fraction of sp³-hybridized carbons (Fsp3) is 0.600. The topological polar surface area (TPSA) is 40.6 Å². The summed E-state index contributed by atoms with van der Waals surface area (Å²) < 4.78 is 0. The Labute approximate surface area is 153 Å². The highest BCUT2D eigenvalue weighted by atomic mass is 32.2. The summed E-state index contributed by atoms with van der Waals surface area (Å²) in [6.07, 6.45) is 6.91. The number of rotatable bonds is 3. The molecule has 2 atom stereocenters. The SMILES string of the molecule is O=C(CCN1C(=O)CSc2ccccc21)N1CC[C@H]2CCCC[C@@H]2C1. The normalized spacial score (nSPS) is 26.2. The van der Waals surface area contributed by atoms with Crippen molar-refractivity contribution in [3.8, 4) is 0 Å². The van der Waals surface area contributed by atoms with Crippen molar-refractivity contribution in [1.82, 2.24) is 4.90 Å². The van der Waals surface area contributed by atoms with Crippen molar-refractivity contribution in [3.05, 3.63) is 24.3 Å². The zero-order valence-corrected chi connectivity index (χ0v) is 15.5. The number of fused-ring (bicyclic) bond motifs is 2. The molecular weight excluding hydrogens is 332 g/mol. The predicted molar refractivity (Wildman–Crippen MR) is 101 cm³/mol. The van der Waals surface area contributed by atoms with Crippen LogP contribution in [-0.2, 0) is 9.59 Å². The van der Waals surface area contributed by atoms with Crippen LogP contribution >= 0.6 is 11.8 Å². The Balaban J connectivity index is 1.37. The van der Waals surface area contributed by atoms with E-state index in [0.717, 1.165) is 29.6 Å². The first-order valence-electron chi connectivity index (χ1n) is 9.52. The minimum Gasteiger partial charge on any atom is -0.342 e. The lowest BCUT2D eigenvalue weighted by molar-refractivity contribution is -0.134. The van der Waals surface area contributed by atoms with E-state index in [-0.39, 0.29) is 11.8 Å². The predicted octanol–water partition coefficient (Wildman–Crippen LogP) is 3.55. The van der Waals surface area contributed by atoms with Crippen molar-refractivity contribution >= 4 is 29.3 Å². The van der Waals surface area contributed by atoms with Crippen LogP contribution in [0.4, 0.5) is 5.69 Å². The Morgan fingerprint density at radius 3 is 2.80 bits per heavy atom. The molecular formula is C20H26N2O2S. The van der Waals surface area contributed by atoms with Gasteiger partial charge in [-0.2, -0.15) is 0 Å². The molecule has 1 aromatic rings. The number of thioether (sulfide) groups is 1. The highest BCUT2D eigenvalue weighted by Gasteiger charge is 2.33. The fourth-order valence-corrected chi connectivity index (χ4v) is 5.53. The molecule has 2 fully saturated rings. The molecule has 2 amide bonds. The van der Waals surface area contributed by atoms with Crippen LogP contribution in [0.1, 0.15) is 38.5 Å². The van der Waals surface area contributed by atoms with Gasteiger partial charge in [-0.25, -0.2) is 0 Å². The molecule has 0 unspecified atom stereocenters. The lowest BCUT2D eigenvalue weighted by atomic mass is 9.75. The molecule has 1 aliphatic carbocycles. The molecule has 2 aliphatic heterocycles. The second-order valence-corrected chi connectivity index (χ2v) is 8.50. The van der Waals surface area contributed by atoms with Gasteiger partial charge in [-0.15, -0.1) is 11.8 Å². The Bertz CT molecular complexity index is 663. The summed E-state index contributed by atoms with van der Waals surface area (Å²) in [5, 5.41) is 0. The number of piperidine rings is 1. The molecule has 0 N–H and O–H groups in total. The third-order valence-corrected chi connectivity index (χ3v) is 7.05. The average molecular weight is 359 g/mol. The quantitative estimate of drug-likeness (QED) is 0.830. The van der Waals surface area contributed by atoms with Gasteiger partial charge in [-0.1, -0.05) is 31.4 Å². The molecule has 1 saturated heterocycles. The summed E-state index contributed by atoms with van der Waals surface area (Å²) in [5.74, 6) is 2.35. The van der Waals surface area contributed by atoms with Gasteiger partial charge >= 0.3 is 0 Å². The minimum atomic E-state index is 0.113. The minimum absolute atomic E-state index is 0.113. The van der Waals surface area contributed by atoms with Gasteiger partial charge < -0.3 is 9.80 Å². The lowest BCUT2D eigenvalue weighted by Crippen LogP contribution is -2.46. The van der Waals surface area contributed by atoms with Crippen molar-refractivity contribution in [2.24, 2.45) is 11.8 Å². The van der Waals surface area contributed by atoms with Crippen LogP contribution in [0.5, 0.6) is 0 Å². The average Bonchev–Trinajstić information content (AvgIpc) is 2.66. The lowest BCUT2D eigenvalue weighted by Gasteiger charge is -2.41.